The number of nitrogens with zero attached hydrogens (tertiary/aromatic N) is 7. The molecule has 0 atom stereocenters. The number of nitrogens with one attached hydrogen (secondary N) is 3. The van der Waals surface area contributed by atoms with Crippen LogP contribution in [0.25, 0.3) is 50.5 Å². The predicted octanol–water partition coefficient (Wildman–Crippen LogP) is 4.19. The number of carbonyl (C=O) groups excluding carboxylic acids is 1. The molecule has 6 heterocycles. The second-order valence-electron chi connectivity index (χ2n) is 9.31. The molecule has 7 rings (SSSR count). The van der Waals surface area contributed by atoms with Crippen molar-refractivity contribution in [2.24, 2.45) is 5.92 Å². The quantitative estimate of drug-likeness (QED) is 0.329. The van der Waals surface area contributed by atoms with Crippen LogP contribution in [0, 0.1) is 12.8 Å². The predicted molar refractivity (Wildman–Crippen MR) is 138 cm³/mol. The Morgan fingerprint density at radius 3 is 2.78 bits per heavy atom. The van der Waals surface area contributed by atoms with E-state index in [-0.39, 0.29) is 11.8 Å². The third-order valence-electron chi connectivity index (χ3n) is 6.81. The number of rotatable bonds is 5. The maximum Gasteiger partial charge on any atom is 0.227 e. The van der Waals surface area contributed by atoms with E-state index in [2.05, 4.69) is 40.4 Å². The van der Waals surface area contributed by atoms with E-state index < -0.39 is 0 Å². The summed E-state index contributed by atoms with van der Waals surface area (Å²) in [4.78, 5) is 38.2. The van der Waals surface area contributed by atoms with Gasteiger partial charge >= 0.3 is 0 Å². The van der Waals surface area contributed by atoms with Gasteiger partial charge in [-0.3, -0.25) is 14.9 Å². The molecule has 0 unspecified atom stereocenters. The third kappa shape index (κ3) is 3.71. The minimum absolute atomic E-state index is 0.0552. The van der Waals surface area contributed by atoms with E-state index in [1.807, 2.05) is 35.9 Å². The number of carbonyl (C=O) groups is 1. The topological polar surface area (TPSA) is 143 Å². The highest BCUT2D eigenvalue weighted by atomic mass is 16.1. The number of aryl methyl sites for hydroxylation is 1. The highest BCUT2D eigenvalue weighted by molar-refractivity contribution is 5.95. The lowest BCUT2D eigenvalue weighted by molar-refractivity contribution is -0.122. The van der Waals surface area contributed by atoms with Gasteiger partial charge < -0.3 is 14.9 Å². The minimum atomic E-state index is 0.0552. The monoisotopic (exact) mass is 490 g/mol. The number of anilines is 1. The van der Waals surface area contributed by atoms with E-state index in [1.165, 1.54) is 0 Å². The summed E-state index contributed by atoms with van der Waals surface area (Å²) in [5, 5.41) is 11.3. The van der Waals surface area contributed by atoms with Crippen molar-refractivity contribution in [3.05, 3.63) is 61.2 Å². The molecule has 0 bridgehead atoms. The number of H-pyrrole nitrogens is 2. The lowest BCUT2D eigenvalue weighted by Crippen LogP contribution is -2.28. The van der Waals surface area contributed by atoms with Crippen LogP contribution in [-0.4, -0.2) is 50.6 Å². The van der Waals surface area contributed by atoms with Crippen molar-refractivity contribution in [1.29, 1.82) is 0 Å². The van der Waals surface area contributed by atoms with Gasteiger partial charge in [0.15, 0.2) is 17.1 Å². The van der Waals surface area contributed by atoms with Crippen LogP contribution in [0.4, 0.5) is 5.69 Å². The second-order valence-corrected chi connectivity index (χ2v) is 9.31. The van der Waals surface area contributed by atoms with Crippen LogP contribution in [0.5, 0.6) is 0 Å². The van der Waals surface area contributed by atoms with Gasteiger partial charge in [-0.1, -0.05) is 6.42 Å². The molecule has 0 aromatic carbocycles. The first kappa shape index (κ1) is 21.4. The summed E-state index contributed by atoms with van der Waals surface area (Å²) in [5.74, 6) is 0.739. The number of fused-ring (bicyclic) bond motifs is 2. The van der Waals surface area contributed by atoms with E-state index in [1.54, 1.807) is 31.1 Å². The van der Waals surface area contributed by atoms with Gasteiger partial charge in [-0.05, 0) is 38.0 Å². The summed E-state index contributed by atoms with van der Waals surface area (Å²) < 4.78 is 1.93. The molecule has 11 nitrogen and oxygen atoms in total. The second kappa shape index (κ2) is 8.33. The van der Waals surface area contributed by atoms with E-state index in [0.717, 1.165) is 47.2 Å². The zero-order valence-corrected chi connectivity index (χ0v) is 19.9. The molecule has 1 aliphatic rings. The zero-order chi connectivity index (χ0) is 24.9. The lowest BCUT2D eigenvalue weighted by Gasteiger charge is -2.24. The first-order chi connectivity index (χ1) is 18.1. The van der Waals surface area contributed by atoms with E-state index >= 15 is 0 Å². The van der Waals surface area contributed by atoms with Gasteiger partial charge in [0.25, 0.3) is 0 Å². The van der Waals surface area contributed by atoms with Crippen molar-refractivity contribution in [1.82, 2.24) is 44.7 Å². The van der Waals surface area contributed by atoms with Gasteiger partial charge in [-0.25, -0.2) is 19.9 Å². The molecule has 6 aromatic heterocycles. The van der Waals surface area contributed by atoms with E-state index in [0.29, 0.717) is 34.0 Å². The summed E-state index contributed by atoms with van der Waals surface area (Å²) in [6, 6.07) is 5.81. The Hall–Kier alpha value is -4.93. The molecule has 1 fully saturated rings. The van der Waals surface area contributed by atoms with Crippen molar-refractivity contribution >= 4 is 33.8 Å². The largest absolute Gasteiger partial charge is 0.324 e. The normalized spacial score (nSPS) is 13.8. The molecule has 3 N–H and O–H groups in total. The van der Waals surface area contributed by atoms with Crippen LogP contribution in [-0.2, 0) is 4.79 Å². The maximum absolute atomic E-state index is 12.4. The van der Waals surface area contributed by atoms with Crippen LogP contribution in [0.1, 0.15) is 25.0 Å². The van der Waals surface area contributed by atoms with Gasteiger partial charge in [0, 0.05) is 41.8 Å². The van der Waals surface area contributed by atoms with Crippen LogP contribution < -0.4 is 5.32 Å². The minimum Gasteiger partial charge on any atom is -0.324 e. The molecule has 1 saturated carbocycles. The Balaban J connectivity index is 1.26. The number of hydrogen-bond acceptors (Lipinski definition) is 7. The SMILES string of the molecule is Cc1cn(-c2ccnc3[nH]c(-c4n[nH]c5ncc(-c6cncc(NC(=O)C7CCC7)c6)cc45)nc23)cn1. The summed E-state index contributed by atoms with van der Waals surface area (Å²) >= 11 is 0. The molecule has 182 valence electrons. The molecular weight excluding hydrogens is 468 g/mol. The van der Waals surface area contributed by atoms with Gasteiger partial charge in [0.1, 0.15) is 11.2 Å². The third-order valence-corrected chi connectivity index (χ3v) is 6.81. The fourth-order valence-corrected chi connectivity index (χ4v) is 4.59. The van der Waals surface area contributed by atoms with Crippen LogP contribution in [0.2, 0.25) is 0 Å². The fraction of sp³-hybridized carbons (Fsp3) is 0.192. The van der Waals surface area contributed by atoms with Crippen LogP contribution >= 0.6 is 0 Å². The van der Waals surface area contributed by atoms with Crippen molar-refractivity contribution in [2.45, 2.75) is 26.2 Å². The smallest absolute Gasteiger partial charge is 0.227 e. The highest BCUT2D eigenvalue weighted by Crippen LogP contribution is 2.31. The van der Waals surface area contributed by atoms with Gasteiger partial charge in [0.05, 0.1) is 35.0 Å². The Morgan fingerprint density at radius 2 is 1.97 bits per heavy atom. The first-order valence-electron chi connectivity index (χ1n) is 12.1. The van der Waals surface area contributed by atoms with Crippen molar-refractivity contribution in [2.75, 3.05) is 5.32 Å². The Morgan fingerprint density at radius 1 is 1.08 bits per heavy atom. The van der Waals surface area contributed by atoms with Crippen molar-refractivity contribution < 1.29 is 4.79 Å². The van der Waals surface area contributed by atoms with E-state index in [9.17, 15) is 4.79 Å². The van der Waals surface area contributed by atoms with Gasteiger partial charge in [-0.2, -0.15) is 5.10 Å². The molecule has 37 heavy (non-hydrogen) atoms. The number of aromatic amines is 2. The fourth-order valence-electron chi connectivity index (χ4n) is 4.59. The molecular formula is C26H22N10O. The first-order valence-corrected chi connectivity index (χ1v) is 12.1. The molecule has 0 radical (unpaired) electrons. The molecule has 1 amide bonds. The van der Waals surface area contributed by atoms with Crippen molar-refractivity contribution in [3.8, 4) is 28.3 Å². The summed E-state index contributed by atoms with van der Waals surface area (Å²) in [6.07, 6.45) is 13.6. The molecule has 11 heteroatoms. The molecule has 0 aliphatic heterocycles. The van der Waals surface area contributed by atoms with Crippen molar-refractivity contribution in [3.63, 3.8) is 0 Å². The summed E-state index contributed by atoms with van der Waals surface area (Å²) in [5.41, 5.74) is 6.80. The zero-order valence-electron chi connectivity index (χ0n) is 19.9. The standard InChI is InChI=1S/C26H22N10O/c1-14-12-36(13-30-14)20-5-6-28-24-22(20)32-25(33-24)21-19-8-17(10-29-23(19)35-34-21)16-7-18(11-27-9-16)31-26(37)15-3-2-4-15/h5-13,15H,2-4H2,1H3,(H,31,37)(H,28,32,33)(H,29,34,35). The maximum atomic E-state index is 12.4. The van der Waals surface area contributed by atoms with E-state index in [4.69, 9.17) is 4.98 Å². The Labute approximate surface area is 210 Å². The lowest BCUT2D eigenvalue weighted by atomic mass is 9.85. The summed E-state index contributed by atoms with van der Waals surface area (Å²) in [6.45, 7) is 1.94. The highest BCUT2D eigenvalue weighted by Gasteiger charge is 2.25. The molecule has 6 aromatic rings. The number of aromatic nitrogens is 9. The average Bonchev–Trinajstić information content (AvgIpc) is 3.60. The molecule has 0 saturated heterocycles. The van der Waals surface area contributed by atoms with Crippen LogP contribution in [0.15, 0.2) is 55.5 Å². The molecule has 1 aliphatic carbocycles. The number of pyridine rings is 3. The Bertz CT molecular complexity index is 1790. The number of hydrogen-bond donors (Lipinski definition) is 3. The number of amides is 1. The van der Waals surface area contributed by atoms with Gasteiger partial charge in [-0.15, -0.1) is 0 Å². The number of imidazole rings is 2. The van der Waals surface area contributed by atoms with Gasteiger partial charge in [0.2, 0.25) is 5.91 Å². The molecule has 0 spiro atoms. The Kier molecular flexibility index (Phi) is 4.81. The average molecular weight is 491 g/mol. The summed E-state index contributed by atoms with van der Waals surface area (Å²) in [7, 11) is 0. The van der Waals surface area contributed by atoms with Crippen LogP contribution in [0.3, 0.4) is 0 Å².